The first-order valence-corrected chi connectivity index (χ1v) is 8.26. The van der Waals surface area contributed by atoms with Crippen LogP contribution in [0.1, 0.15) is 36.2 Å². The van der Waals surface area contributed by atoms with Gasteiger partial charge >= 0.3 is 0 Å². The lowest BCUT2D eigenvalue weighted by atomic mass is 10.2. The van der Waals surface area contributed by atoms with E-state index in [1.54, 1.807) is 30.3 Å². The zero-order valence-corrected chi connectivity index (χ0v) is 13.6. The van der Waals surface area contributed by atoms with Crippen LogP contribution in [0, 0.1) is 0 Å². The molecule has 2 aromatic rings. The number of hydrogen-bond donors (Lipinski definition) is 1. The van der Waals surface area contributed by atoms with E-state index < -0.39 is 0 Å². The third-order valence-corrected chi connectivity index (χ3v) is 4.17. The highest BCUT2D eigenvalue weighted by atomic mass is 35.5. The minimum Gasteiger partial charge on any atom is -0.355 e. The number of benzene rings is 1. The Kier molecular flexibility index (Phi) is 5.08. The second-order valence-electron chi connectivity index (χ2n) is 5.64. The third-order valence-electron chi connectivity index (χ3n) is 3.92. The van der Waals surface area contributed by atoms with E-state index in [4.69, 9.17) is 11.6 Å². The van der Waals surface area contributed by atoms with Crippen LogP contribution >= 0.6 is 11.6 Å². The number of aromatic nitrogens is 2. The average molecular weight is 331 g/mol. The van der Waals surface area contributed by atoms with Gasteiger partial charge in [0.15, 0.2) is 11.5 Å². The Labute approximate surface area is 140 Å². The molecule has 1 saturated heterocycles. The van der Waals surface area contributed by atoms with Gasteiger partial charge in [-0.1, -0.05) is 24.4 Å². The van der Waals surface area contributed by atoms with Crippen LogP contribution in [0.2, 0.25) is 5.02 Å². The fourth-order valence-corrected chi connectivity index (χ4v) is 2.77. The monoisotopic (exact) mass is 330 g/mol. The normalized spacial score (nSPS) is 15.1. The van der Waals surface area contributed by atoms with Crippen LogP contribution in [-0.2, 0) is 0 Å². The molecule has 23 heavy (non-hydrogen) atoms. The van der Waals surface area contributed by atoms with Crippen LogP contribution in [0.5, 0.6) is 0 Å². The molecule has 0 atom stereocenters. The first kappa shape index (κ1) is 15.7. The predicted octanol–water partition coefficient (Wildman–Crippen LogP) is 3.76. The summed E-state index contributed by atoms with van der Waals surface area (Å²) < 4.78 is 0. The Hall–Kier alpha value is -2.14. The van der Waals surface area contributed by atoms with Crippen molar-refractivity contribution in [2.45, 2.75) is 25.7 Å². The average Bonchev–Trinajstić information content (AvgIpc) is 2.86. The summed E-state index contributed by atoms with van der Waals surface area (Å²) in [7, 11) is 0. The first-order chi connectivity index (χ1) is 11.2. The number of carbonyl (C=O) groups excluding carboxylic acids is 1. The minimum atomic E-state index is -0.276. The van der Waals surface area contributed by atoms with Gasteiger partial charge in [0.25, 0.3) is 5.91 Å². The van der Waals surface area contributed by atoms with Gasteiger partial charge in [-0.3, -0.25) is 4.79 Å². The Balaban J connectivity index is 1.66. The Morgan fingerprint density at radius 3 is 2.26 bits per heavy atom. The molecule has 1 aromatic heterocycles. The summed E-state index contributed by atoms with van der Waals surface area (Å²) in [4.78, 5) is 14.4. The molecule has 1 N–H and O–H groups in total. The number of rotatable bonds is 3. The molecule has 1 aliphatic heterocycles. The van der Waals surface area contributed by atoms with Crippen LogP contribution in [0.15, 0.2) is 36.4 Å². The van der Waals surface area contributed by atoms with Gasteiger partial charge in [0.05, 0.1) is 0 Å². The fourth-order valence-electron chi connectivity index (χ4n) is 2.64. The van der Waals surface area contributed by atoms with Crippen molar-refractivity contribution in [2.75, 3.05) is 23.3 Å². The van der Waals surface area contributed by atoms with Crippen molar-refractivity contribution in [3.8, 4) is 0 Å². The van der Waals surface area contributed by atoms with Crippen molar-refractivity contribution >= 4 is 29.0 Å². The fraction of sp³-hybridized carbons (Fsp3) is 0.353. The molecule has 1 aliphatic rings. The largest absolute Gasteiger partial charge is 0.355 e. The van der Waals surface area contributed by atoms with Crippen molar-refractivity contribution in [1.82, 2.24) is 10.2 Å². The zero-order chi connectivity index (χ0) is 16.1. The summed E-state index contributed by atoms with van der Waals surface area (Å²) in [5, 5.41) is 11.7. The Morgan fingerprint density at radius 2 is 1.65 bits per heavy atom. The van der Waals surface area contributed by atoms with Gasteiger partial charge in [0.1, 0.15) is 0 Å². The lowest BCUT2D eigenvalue weighted by Gasteiger charge is -2.20. The smallest absolute Gasteiger partial charge is 0.276 e. The van der Waals surface area contributed by atoms with Crippen molar-refractivity contribution in [3.05, 3.63) is 47.1 Å². The van der Waals surface area contributed by atoms with Crippen LogP contribution in [-0.4, -0.2) is 29.2 Å². The maximum absolute atomic E-state index is 12.2. The van der Waals surface area contributed by atoms with E-state index in [9.17, 15) is 4.79 Å². The summed E-state index contributed by atoms with van der Waals surface area (Å²) in [5.74, 6) is 0.567. The van der Waals surface area contributed by atoms with E-state index in [0.29, 0.717) is 16.4 Å². The lowest BCUT2D eigenvalue weighted by molar-refractivity contribution is 0.102. The van der Waals surface area contributed by atoms with Crippen LogP contribution in [0.25, 0.3) is 0 Å². The van der Waals surface area contributed by atoms with E-state index in [2.05, 4.69) is 20.4 Å². The van der Waals surface area contributed by atoms with Crippen molar-refractivity contribution < 1.29 is 4.79 Å². The number of amides is 1. The van der Waals surface area contributed by atoms with Gasteiger partial charge in [-0.2, -0.15) is 0 Å². The highest BCUT2D eigenvalue weighted by Crippen LogP contribution is 2.17. The van der Waals surface area contributed by atoms with E-state index in [1.165, 1.54) is 25.7 Å². The quantitative estimate of drug-likeness (QED) is 0.930. The van der Waals surface area contributed by atoms with Crippen LogP contribution in [0.4, 0.5) is 11.5 Å². The number of carbonyl (C=O) groups is 1. The van der Waals surface area contributed by atoms with E-state index >= 15 is 0 Å². The summed E-state index contributed by atoms with van der Waals surface area (Å²) >= 11 is 5.83. The van der Waals surface area contributed by atoms with Gasteiger partial charge in [0.2, 0.25) is 0 Å². The maximum Gasteiger partial charge on any atom is 0.276 e. The molecule has 0 radical (unpaired) electrons. The molecule has 1 aromatic carbocycles. The van der Waals surface area contributed by atoms with Gasteiger partial charge in [0, 0.05) is 23.8 Å². The highest BCUT2D eigenvalue weighted by Gasteiger charge is 2.13. The summed E-state index contributed by atoms with van der Waals surface area (Å²) in [5.41, 5.74) is 0.983. The first-order valence-electron chi connectivity index (χ1n) is 7.88. The second kappa shape index (κ2) is 7.42. The number of anilines is 2. The third kappa shape index (κ3) is 4.20. The number of halogens is 1. The second-order valence-corrected chi connectivity index (χ2v) is 6.08. The van der Waals surface area contributed by atoms with Crippen LogP contribution < -0.4 is 10.2 Å². The molecule has 1 fully saturated rings. The van der Waals surface area contributed by atoms with Gasteiger partial charge in [-0.25, -0.2) is 0 Å². The van der Waals surface area contributed by atoms with Crippen molar-refractivity contribution in [3.63, 3.8) is 0 Å². The molecule has 120 valence electrons. The van der Waals surface area contributed by atoms with Gasteiger partial charge in [-0.05, 0) is 49.2 Å². The molecule has 0 saturated carbocycles. The molecule has 0 bridgehead atoms. The molecule has 5 nitrogen and oxygen atoms in total. The summed E-state index contributed by atoms with van der Waals surface area (Å²) in [6.07, 6.45) is 4.90. The lowest BCUT2D eigenvalue weighted by Crippen LogP contribution is -2.25. The number of nitrogens with zero attached hydrogens (tertiary/aromatic N) is 3. The minimum absolute atomic E-state index is 0.276. The molecule has 0 aliphatic carbocycles. The molecule has 2 heterocycles. The van der Waals surface area contributed by atoms with E-state index in [1.807, 2.05) is 6.07 Å². The van der Waals surface area contributed by atoms with Crippen molar-refractivity contribution in [2.24, 2.45) is 0 Å². The molecule has 0 unspecified atom stereocenters. The van der Waals surface area contributed by atoms with E-state index in [0.717, 1.165) is 18.9 Å². The van der Waals surface area contributed by atoms with E-state index in [-0.39, 0.29) is 5.91 Å². The molecule has 6 heteroatoms. The summed E-state index contributed by atoms with van der Waals surface area (Å²) in [6.45, 7) is 2.01. The molecule has 3 rings (SSSR count). The van der Waals surface area contributed by atoms with Crippen molar-refractivity contribution in [1.29, 1.82) is 0 Å². The molecular formula is C17H19ClN4O. The standard InChI is InChI=1S/C17H19ClN4O/c18-13-5-7-14(8-6-13)19-17(23)15-9-10-16(21-20-15)22-11-3-1-2-4-12-22/h5-10H,1-4,11-12H2,(H,19,23). The number of hydrogen-bond acceptors (Lipinski definition) is 4. The molecule has 0 spiro atoms. The maximum atomic E-state index is 12.2. The SMILES string of the molecule is O=C(Nc1ccc(Cl)cc1)c1ccc(N2CCCCCC2)nn1. The highest BCUT2D eigenvalue weighted by molar-refractivity contribution is 6.30. The zero-order valence-electron chi connectivity index (χ0n) is 12.8. The number of nitrogens with one attached hydrogen (secondary N) is 1. The predicted molar refractivity (Wildman–Crippen MR) is 92.1 cm³/mol. The summed E-state index contributed by atoms with van der Waals surface area (Å²) in [6, 6.07) is 10.5. The van der Waals surface area contributed by atoms with Crippen LogP contribution in [0.3, 0.4) is 0 Å². The topological polar surface area (TPSA) is 58.1 Å². The van der Waals surface area contributed by atoms with Gasteiger partial charge in [-0.15, -0.1) is 10.2 Å². The Bertz CT molecular complexity index is 649. The van der Waals surface area contributed by atoms with Gasteiger partial charge < -0.3 is 10.2 Å². The Morgan fingerprint density at radius 1 is 0.957 bits per heavy atom. The molecule has 1 amide bonds. The molecular weight excluding hydrogens is 312 g/mol.